The first-order chi connectivity index (χ1) is 8.84. The van der Waals surface area contributed by atoms with Gasteiger partial charge in [0.25, 0.3) is 5.91 Å². The molecule has 1 heterocycles. The minimum absolute atomic E-state index is 0.131. The molecule has 1 aromatic heterocycles. The molecule has 0 bridgehead atoms. The van der Waals surface area contributed by atoms with Crippen LogP contribution < -0.4 is 5.32 Å². The highest BCUT2D eigenvalue weighted by molar-refractivity contribution is 6.12. The Morgan fingerprint density at radius 2 is 1.78 bits per heavy atom. The Morgan fingerprint density at radius 3 is 2.61 bits per heavy atom. The molecule has 0 saturated carbocycles. The number of rotatable bonds is 2. The molecule has 0 aliphatic rings. The monoisotopic (exact) mass is 237 g/mol. The van der Waals surface area contributed by atoms with Crippen LogP contribution in [-0.2, 0) is 0 Å². The molecule has 2 aromatic carbocycles. The second kappa shape index (κ2) is 4.37. The Kier molecular flexibility index (Phi) is 2.57. The van der Waals surface area contributed by atoms with E-state index in [0.717, 1.165) is 16.7 Å². The minimum Gasteiger partial charge on any atom is -0.464 e. The van der Waals surface area contributed by atoms with Crippen molar-refractivity contribution in [1.82, 2.24) is 0 Å². The first kappa shape index (κ1) is 10.6. The SMILES string of the molecule is O=C(Nc1ccccc1)c1cccc2occc12. The number of hydrogen-bond donors (Lipinski definition) is 1. The molecule has 0 radical (unpaired) electrons. The van der Waals surface area contributed by atoms with E-state index < -0.39 is 0 Å². The zero-order valence-electron chi connectivity index (χ0n) is 9.59. The molecule has 3 aromatic rings. The highest BCUT2D eigenvalue weighted by atomic mass is 16.3. The van der Waals surface area contributed by atoms with Crippen LogP contribution in [0.4, 0.5) is 5.69 Å². The number of amides is 1. The van der Waals surface area contributed by atoms with E-state index >= 15 is 0 Å². The maximum Gasteiger partial charge on any atom is 0.256 e. The molecule has 88 valence electrons. The predicted octanol–water partition coefficient (Wildman–Crippen LogP) is 3.69. The molecule has 3 rings (SSSR count). The fraction of sp³-hybridized carbons (Fsp3) is 0. The number of hydrogen-bond acceptors (Lipinski definition) is 2. The second-order valence-electron chi connectivity index (χ2n) is 3.96. The summed E-state index contributed by atoms with van der Waals surface area (Å²) in [7, 11) is 0. The van der Waals surface area contributed by atoms with E-state index in [1.54, 1.807) is 18.4 Å². The highest BCUT2D eigenvalue weighted by Gasteiger charge is 2.11. The molecule has 0 unspecified atom stereocenters. The standard InChI is InChI=1S/C15H11NO2/c17-15(16-11-5-2-1-3-6-11)13-7-4-8-14-12(13)9-10-18-14/h1-10H,(H,16,17). The summed E-state index contributed by atoms with van der Waals surface area (Å²) in [5, 5.41) is 3.68. The van der Waals surface area contributed by atoms with Crippen LogP contribution in [0.2, 0.25) is 0 Å². The molecule has 3 heteroatoms. The molecule has 0 spiro atoms. The number of anilines is 1. The quantitative estimate of drug-likeness (QED) is 0.738. The van der Waals surface area contributed by atoms with Crippen LogP contribution in [0, 0.1) is 0 Å². The van der Waals surface area contributed by atoms with E-state index in [2.05, 4.69) is 5.32 Å². The van der Waals surface area contributed by atoms with Crippen LogP contribution in [0.15, 0.2) is 65.3 Å². The number of para-hydroxylation sites is 1. The first-order valence-corrected chi connectivity index (χ1v) is 5.67. The van der Waals surface area contributed by atoms with Crippen molar-refractivity contribution in [1.29, 1.82) is 0 Å². The Labute approximate surface area is 104 Å². The Bertz CT molecular complexity index is 686. The summed E-state index contributed by atoms with van der Waals surface area (Å²) >= 11 is 0. The second-order valence-corrected chi connectivity index (χ2v) is 3.96. The third-order valence-corrected chi connectivity index (χ3v) is 2.77. The maximum atomic E-state index is 12.2. The van der Waals surface area contributed by atoms with Crippen molar-refractivity contribution in [3.8, 4) is 0 Å². The molecule has 3 nitrogen and oxygen atoms in total. The highest BCUT2D eigenvalue weighted by Crippen LogP contribution is 2.20. The average molecular weight is 237 g/mol. The van der Waals surface area contributed by atoms with Gasteiger partial charge in [0, 0.05) is 11.1 Å². The molecule has 0 atom stereocenters. The molecule has 1 N–H and O–H groups in total. The van der Waals surface area contributed by atoms with Gasteiger partial charge in [-0.1, -0.05) is 24.3 Å². The van der Waals surface area contributed by atoms with Crippen molar-refractivity contribution in [2.45, 2.75) is 0 Å². The fourth-order valence-electron chi connectivity index (χ4n) is 1.91. The van der Waals surface area contributed by atoms with Crippen molar-refractivity contribution >= 4 is 22.6 Å². The van der Waals surface area contributed by atoms with E-state index in [9.17, 15) is 4.79 Å². The molecule has 0 aliphatic carbocycles. The summed E-state index contributed by atoms with van der Waals surface area (Å²) in [5.41, 5.74) is 2.11. The van der Waals surface area contributed by atoms with Crippen LogP contribution in [0.1, 0.15) is 10.4 Å². The molecular formula is C15H11NO2. The normalized spacial score (nSPS) is 10.4. The Morgan fingerprint density at radius 1 is 0.944 bits per heavy atom. The number of fused-ring (bicyclic) bond motifs is 1. The van der Waals surface area contributed by atoms with Crippen molar-refractivity contribution in [2.24, 2.45) is 0 Å². The first-order valence-electron chi connectivity index (χ1n) is 5.67. The van der Waals surface area contributed by atoms with Gasteiger partial charge in [0.05, 0.1) is 11.8 Å². The number of carbonyl (C=O) groups is 1. The summed E-state index contributed by atoms with van der Waals surface area (Å²) in [5.74, 6) is -0.131. The predicted molar refractivity (Wildman–Crippen MR) is 70.6 cm³/mol. The summed E-state index contributed by atoms with van der Waals surface area (Å²) in [6.07, 6.45) is 1.59. The lowest BCUT2D eigenvalue weighted by Gasteiger charge is -2.05. The maximum absolute atomic E-state index is 12.2. The molecular weight excluding hydrogens is 226 g/mol. The van der Waals surface area contributed by atoms with Gasteiger partial charge in [0.2, 0.25) is 0 Å². The van der Waals surface area contributed by atoms with Crippen LogP contribution in [0.5, 0.6) is 0 Å². The van der Waals surface area contributed by atoms with Gasteiger partial charge in [-0.25, -0.2) is 0 Å². The summed E-state index contributed by atoms with van der Waals surface area (Å²) in [6, 6.07) is 16.6. The largest absolute Gasteiger partial charge is 0.464 e. The lowest BCUT2D eigenvalue weighted by atomic mass is 10.1. The van der Waals surface area contributed by atoms with Crippen molar-refractivity contribution in [2.75, 3.05) is 5.32 Å². The number of benzene rings is 2. The van der Waals surface area contributed by atoms with Gasteiger partial charge in [-0.2, -0.15) is 0 Å². The smallest absolute Gasteiger partial charge is 0.256 e. The molecule has 0 saturated heterocycles. The molecule has 1 amide bonds. The topological polar surface area (TPSA) is 42.2 Å². The molecule has 0 fully saturated rings. The van der Waals surface area contributed by atoms with Crippen molar-refractivity contribution in [3.63, 3.8) is 0 Å². The Balaban J connectivity index is 1.95. The summed E-state index contributed by atoms with van der Waals surface area (Å²) in [4.78, 5) is 12.2. The van der Waals surface area contributed by atoms with Crippen molar-refractivity contribution < 1.29 is 9.21 Å². The van der Waals surface area contributed by atoms with Crippen LogP contribution >= 0.6 is 0 Å². The van der Waals surface area contributed by atoms with E-state index in [-0.39, 0.29) is 5.91 Å². The summed E-state index contributed by atoms with van der Waals surface area (Å²) < 4.78 is 5.28. The van der Waals surface area contributed by atoms with Gasteiger partial charge in [-0.3, -0.25) is 4.79 Å². The fourth-order valence-corrected chi connectivity index (χ4v) is 1.91. The third-order valence-electron chi connectivity index (χ3n) is 2.77. The molecule has 18 heavy (non-hydrogen) atoms. The van der Waals surface area contributed by atoms with Gasteiger partial charge in [-0.15, -0.1) is 0 Å². The van der Waals surface area contributed by atoms with Gasteiger partial charge in [-0.05, 0) is 30.3 Å². The van der Waals surface area contributed by atoms with E-state index in [1.807, 2.05) is 42.5 Å². The van der Waals surface area contributed by atoms with Gasteiger partial charge < -0.3 is 9.73 Å². The van der Waals surface area contributed by atoms with E-state index in [1.165, 1.54) is 0 Å². The number of carbonyl (C=O) groups excluding carboxylic acids is 1. The van der Waals surface area contributed by atoms with E-state index in [4.69, 9.17) is 4.42 Å². The number of furan rings is 1. The van der Waals surface area contributed by atoms with Crippen LogP contribution in [0.3, 0.4) is 0 Å². The zero-order valence-corrected chi connectivity index (χ0v) is 9.59. The lowest BCUT2D eigenvalue weighted by Crippen LogP contribution is -2.11. The van der Waals surface area contributed by atoms with Gasteiger partial charge in [0.15, 0.2) is 0 Å². The van der Waals surface area contributed by atoms with E-state index in [0.29, 0.717) is 5.56 Å². The van der Waals surface area contributed by atoms with Gasteiger partial charge in [0.1, 0.15) is 5.58 Å². The molecule has 0 aliphatic heterocycles. The lowest BCUT2D eigenvalue weighted by molar-refractivity contribution is 0.102. The minimum atomic E-state index is -0.131. The third kappa shape index (κ3) is 1.86. The van der Waals surface area contributed by atoms with Crippen LogP contribution in [-0.4, -0.2) is 5.91 Å². The Hall–Kier alpha value is -2.55. The van der Waals surface area contributed by atoms with Crippen LogP contribution in [0.25, 0.3) is 11.0 Å². The average Bonchev–Trinajstić information content (AvgIpc) is 2.87. The zero-order chi connectivity index (χ0) is 12.4. The van der Waals surface area contributed by atoms with Gasteiger partial charge >= 0.3 is 0 Å². The number of nitrogens with one attached hydrogen (secondary N) is 1. The van der Waals surface area contributed by atoms with Crippen molar-refractivity contribution in [3.05, 3.63) is 66.4 Å². The summed E-state index contributed by atoms with van der Waals surface area (Å²) in [6.45, 7) is 0.